The summed E-state index contributed by atoms with van der Waals surface area (Å²) in [5.74, 6) is 0.941. The van der Waals surface area contributed by atoms with E-state index in [0.29, 0.717) is 37.3 Å². The maximum atomic E-state index is 13.7. The largest absolute Gasteiger partial charge is 0.432 e. The molecule has 2 aromatic carbocycles. The first-order valence-electron chi connectivity index (χ1n) is 18.7. The molecule has 2 N–H and O–H groups in total. The lowest BCUT2D eigenvalue weighted by molar-refractivity contribution is -0.120. The Labute approximate surface area is 324 Å². The van der Waals surface area contributed by atoms with Crippen LogP contribution in [-0.2, 0) is 36.4 Å². The molecule has 1 atom stereocenters. The van der Waals surface area contributed by atoms with Gasteiger partial charge in [0.15, 0.2) is 11.6 Å². The number of nitrogens with one attached hydrogen (secondary N) is 2. The quantitative estimate of drug-likeness (QED) is 0.191. The van der Waals surface area contributed by atoms with Crippen LogP contribution in [0.2, 0.25) is 0 Å². The predicted molar refractivity (Wildman–Crippen MR) is 205 cm³/mol. The molecular formula is C38H43F2N11O4S. The maximum absolute atomic E-state index is 13.7. The van der Waals surface area contributed by atoms with Crippen LogP contribution in [0.4, 0.5) is 25.3 Å². The molecule has 3 aliphatic rings. The SMILES string of the molecule is Cn1nc(-c2cccc(S(=O)N3CCC(Nc4ncc(OC(F)F)cn4)CC3)c2)cc1CN1CCC(c2ccc3c(N4CCC(=O)NC4=O)nn(C)c3c2)CC1. The molecule has 3 fully saturated rings. The Morgan fingerprint density at radius 2 is 1.70 bits per heavy atom. The molecule has 15 nitrogen and oxygen atoms in total. The Morgan fingerprint density at radius 1 is 0.929 bits per heavy atom. The molecule has 6 heterocycles. The molecular weight excluding hydrogens is 745 g/mol. The Kier molecular flexibility index (Phi) is 10.8. The zero-order valence-electron chi connectivity index (χ0n) is 31.1. The molecule has 3 aromatic heterocycles. The first-order chi connectivity index (χ1) is 27.1. The van der Waals surface area contributed by atoms with Crippen LogP contribution in [-0.4, -0.2) is 100 Å². The molecule has 1 unspecified atom stereocenters. The van der Waals surface area contributed by atoms with E-state index in [0.717, 1.165) is 78.1 Å². The number of alkyl halides is 2. The summed E-state index contributed by atoms with van der Waals surface area (Å²) in [4.78, 5) is 37.0. The van der Waals surface area contributed by atoms with Gasteiger partial charge in [0.2, 0.25) is 11.9 Å². The molecule has 5 aromatic rings. The highest BCUT2D eigenvalue weighted by atomic mass is 32.2. The molecule has 3 aliphatic heterocycles. The number of rotatable bonds is 11. The highest BCUT2D eigenvalue weighted by Gasteiger charge is 2.29. The fourth-order valence-corrected chi connectivity index (χ4v) is 9.00. The Morgan fingerprint density at radius 3 is 2.43 bits per heavy atom. The minimum atomic E-state index is -2.93. The van der Waals surface area contributed by atoms with E-state index in [1.807, 2.05) is 58.1 Å². The van der Waals surface area contributed by atoms with E-state index in [-0.39, 0.29) is 24.1 Å². The summed E-state index contributed by atoms with van der Waals surface area (Å²) < 4.78 is 48.5. The molecule has 0 radical (unpaired) electrons. The van der Waals surface area contributed by atoms with Crippen molar-refractivity contribution in [2.75, 3.05) is 42.9 Å². The van der Waals surface area contributed by atoms with E-state index in [4.69, 9.17) is 5.10 Å². The van der Waals surface area contributed by atoms with Gasteiger partial charge in [0.1, 0.15) is 11.0 Å². The number of nitrogens with zero attached hydrogens (tertiary/aromatic N) is 9. The van der Waals surface area contributed by atoms with Crippen molar-refractivity contribution in [2.45, 2.75) is 62.1 Å². The molecule has 0 spiro atoms. The predicted octanol–water partition coefficient (Wildman–Crippen LogP) is 4.79. The number of piperidine rings is 2. The number of aromatic nitrogens is 6. The molecule has 3 saturated heterocycles. The number of benzene rings is 2. The molecule has 294 valence electrons. The number of hydrogen-bond acceptors (Lipinski definition) is 10. The average molecular weight is 788 g/mol. The van der Waals surface area contributed by atoms with E-state index in [2.05, 4.69) is 53.5 Å². The van der Waals surface area contributed by atoms with Crippen molar-refractivity contribution >= 4 is 45.6 Å². The summed E-state index contributed by atoms with van der Waals surface area (Å²) in [5, 5.41) is 16.0. The summed E-state index contributed by atoms with van der Waals surface area (Å²) in [6.45, 7) is 1.25. The molecule has 0 bridgehead atoms. The van der Waals surface area contributed by atoms with Crippen LogP contribution in [0, 0.1) is 0 Å². The number of carbonyl (C=O) groups excluding carboxylic acids is 2. The van der Waals surface area contributed by atoms with Gasteiger partial charge >= 0.3 is 12.6 Å². The third-order valence-corrected chi connectivity index (χ3v) is 12.3. The maximum Gasteiger partial charge on any atom is 0.387 e. The van der Waals surface area contributed by atoms with E-state index in [1.165, 1.54) is 22.9 Å². The second-order valence-electron chi connectivity index (χ2n) is 14.4. The van der Waals surface area contributed by atoms with Crippen molar-refractivity contribution in [3.63, 3.8) is 0 Å². The number of hydrogen-bond donors (Lipinski definition) is 2. The van der Waals surface area contributed by atoms with Gasteiger partial charge < -0.3 is 10.1 Å². The number of halogens is 2. The van der Waals surface area contributed by atoms with Crippen molar-refractivity contribution in [3.05, 3.63) is 72.2 Å². The van der Waals surface area contributed by atoms with Crippen LogP contribution in [0.25, 0.3) is 22.2 Å². The third-order valence-electron chi connectivity index (χ3n) is 10.8. The van der Waals surface area contributed by atoms with Crippen molar-refractivity contribution in [3.8, 4) is 17.0 Å². The fraction of sp³-hybridized carbons (Fsp3) is 0.421. The average Bonchev–Trinajstić information content (AvgIpc) is 3.73. The van der Waals surface area contributed by atoms with Gasteiger partial charge in [-0.3, -0.25) is 29.3 Å². The van der Waals surface area contributed by atoms with Crippen molar-refractivity contribution < 1.29 is 27.3 Å². The van der Waals surface area contributed by atoms with Gasteiger partial charge in [0, 0.05) is 63.7 Å². The second-order valence-corrected chi connectivity index (χ2v) is 15.9. The van der Waals surface area contributed by atoms with Crippen LogP contribution in [0.5, 0.6) is 5.75 Å². The minimum absolute atomic E-state index is 0.0609. The first kappa shape index (κ1) is 37.6. The summed E-state index contributed by atoms with van der Waals surface area (Å²) in [5.41, 5.74) is 5.06. The molecule has 3 amide bonds. The lowest BCUT2D eigenvalue weighted by Crippen LogP contribution is -2.49. The fourth-order valence-electron chi connectivity index (χ4n) is 7.74. The molecule has 8 rings (SSSR count). The Balaban J connectivity index is 0.847. The Bertz CT molecular complexity index is 2250. The number of ether oxygens (including phenoxy) is 1. The van der Waals surface area contributed by atoms with Crippen LogP contribution in [0.3, 0.4) is 0 Å². The summed E-state index contributed by atoms with van der Waals surface area (Å²) >= 11 is 0. The normalized spacial score (nSPS) is 18.5. The van der Waals surface area contributed by atoms with Gasteiger partial charge in [-0.2, -0.15) is 19.0 Å². The summed E-state index contributed by atoms with van der Waals surface area (Å²) in [6, 6.07) is 15.9. The lowest BCUT2D eigenvalue weighted by atomic mass is 9.89. The number of fused-ring (bicyclic) bond motifs is 1. The lowest BCUT2D eigenvalue weighted by Gasteiger charge is -2.32. The third kappa shape index (κ3) is 8.13. The van der Waals surface area contributed by atoms with Crippen molar-refractivity contribution in [1.29, 1.82) is 0 Å². The van der Waals surface area contributed by atoms with Gasteiger partial charge in [-0.05, 0) is 80.6 Å². The van der Waals surface area contributed by atoms with Crippen LogP contribution in [0.1, 0.15) is 49.3 Å². The second kappa shape index (κ2) is 16.0. The molecule has 56 heavy (non-hydrogen) atoms. The number of imide groups is 1. The van der Waals surface area contributed by atoms with Crippen molar-refractivity contribution in [2.24, 2.45) is 14.1 Å². The van der Waals surface area contributed by atoms with Gasteiger partial charge in [-0.25, -0.2) is 23.3 Å². The topological polar surface area (TPSA) is 156 Å². The number of amides is 3. The monoisotopic (exact) mass is 787 g/mol. The van der Waals surface area contributed by atoms with E-state index < -0.39 is 23.6 Å². The van der Waals surface area contributed by atoms with Gasteiger partial charge in [0.05, 0.1) is 34.2 Å². The highest BCUT2D eigenvalue weighted by Crippen LogP contribution is 2.34. The number of carbonyl (C=O) groups is 2. The molecule has 0 saturated carbocycles. The van der Waals surface area contributed by atoms with Crippen LogP contribution in [0.15, 0.2) is 65.8 Å². The van der Waals surface area contributed by atoms with Crippen molar-refractivity contribution in [1.82, 2.24) is 44.1 Å². The van der Waals surface area contributed by atoms with E-state index in [9.17, 15) is 22.6 Å². The summed E-state index contributed by atoms with van der Waals surface area (Å²) in [7, 11) is 2.50. The van der Waals surface area contributed by atoms with Crippen LogP contribution < -0.4 is 20.3 Å². The van der Waals surface area contributed by atoms with E-state index in [1.54, 1.807) is 0 Å². The van der Waals surface area contributed by atoms with Gasteiger partial charge in [-0.15, -0.1) is 0 Å². The zero-order valence-corrected chi connectivity index (χ0v) is 31.9. The highest BCUT2D eigenvalue weighted by molar-refractivity contribution is 7.82. The molecule has 18 heteroatoms. The first-order valence-corrected chi connectivity index (χ1v) is 19.8. The number of aryl methyl sites for hydroxylation is 2. The smallest absolute Gasteiger partial charge is 0.387 e. The van der Waals surface area contributed by atoms with Crippen LogP contribution >= 0.6 is 0 Å². The Hall–Kier alpha value is -5.33. The van der Waals surface area contributed by atoms with Gasteiger partial charge in [-0.1, -0.05) is 18.2 Å². The minimum Gasteiger partial charge on any atom is -0.432 e. The molecule has 0 aliphatic carbocycles. The van der Waals surface area contributed by atoms with E-state index >= 15 is 0 Å². The number of likely N-dealkylation sites (tertiary alicyclic amines) is 1. The standard InChI is InChI=1S/C38H43F2N11O4S/c1-47-28(23-49-13-8-24(9-14-49)25-6-7-31-33(19-25)48(2)46-35(31)51-17-12-34(52)44-38(51)53)20-32(45-47)26-4-3-5-30(18-26)56(54)50-15-10-27(11-16-50)43-37-41-21-29(22-42-37)55-36(39)40/h3-7,18-22,24,27,36H,8-17,23H2,1-2H3,(H,41,42,43)(H,44,52,53). The number of urea groups is 1. The number of anilines is 2. The van der Waals surface area contributed by atoms with Gasteiger partial charge in [0.25, 0.3) is 0 Å². The summed E-state index contributed by atoms with van der Waals surface area (Å²) in [6.07, 6.45) is 6.13. The zero-order chi connectivity index (χ0) is 38.9.